The zero-order chi connectivity index (χ0) is 11.1. The molecule has 0 amide bonds. The smallest absolute Gasteiger partial charge is 0.177 e. The van der Waals surface area contributed by atoms with Gasteiger partial charge in [0.05, 0.1) is 5.52 Å². The molecule has 1 aliphatic rings. The van der Waals surface area contributed by atoms with E-state index >= 15 is 0 Å². The number of rotatable bonds is 1. The Kier molecular flexibility index (Phi) is 2.20. The normalized spacial score (nSPS) is 25.4. The fourth-order valence-corrected chi connectivity index (χ4v) is 2.78. The third-order valence-corrected chi connectivity index (χ3v) is 3.83. The van der Waals surface area contributed by atoms with Crippen molar-refractivity contribution in [2.75, 3.05) is 0 Å². The molecule has 2 unspecified atom stereocenters. The van der Waals surface area contributed by atoms with Gasteiger partial charge in [-0.1, -0.05) is 13.3 Å². The molecule has 84 valence electrons. The number of aromatic amines is 1. The Morgan fingerprint density at radius 2 is 2.25 bits per heavy atom. The molecule has 2 aromatic heterocycles. The van der Waals surface area contributed by atoms with E-state index in [1.807, 2.05) is 12.3 Å². The summed E-state index contributed by atoms with van der Waals surface area (Å²) in [4.78, 5) is 12.4. The lowest BCUT2D eigenvalue weighted by molar-refractivity contribution is 0.514. The van der Waals surface area contributed by atoms with Gasteiger partial charge >= 0.3 is 0 Å². The van der Waals surface area contributed by atoms with E-state index in [9.17, 15) is 0 Å². The molecule has 0 spiro atoms. The quantitative estimate of drug-likeness (QED) is 0.793. The van der Waals surface area contributed by atoms with E-state index in [0.717, 1.165) is 22.9 Å². The summed E-state index contributed by atoms with van der Waals surface area (Å²) in [6.45, 7) is 4.43. The number of aromatic nitrogens is 3. The molecule has 1 fully saturated rings. The minimum Gasteiger partial charge on any atom is -0.340 e. The molecular weight excluding hydrogens is 198 g/mol. The van der Waals surface area contributed by atoms with Crippen molar-refractivity contribution in [3.8, 4) is 0 Å². The number of hydrogen-bond acceptors (Lipinski definition) is 2. The van der Waals surface area contributed by atoms with Crippen molar-refractivity contribution in [3.05, 3.63) is 23.7 Å². The van der Waals surface area contributed by atoms with E-state index in [1.54, 1.807) is 0 Å². The maximum atomic E-state index is 4.64. The van der Waals surface area contributed by atoms with Crippen LogP contribution in [0.25, 0.3) is 11.2 Å². The fraction of sp³-hybridized carbons (Fsp3) is 0.538. The molecule has 2 aromatic rings. The van der Waals surface area contributed by atoms with Gasteiger partial charge in [-0.3, -0.25) is 0 Å². The summed E-state index contributed by atoms with van der Waals surface area (Å²) < 4.78 is 0. The lowest BCUT2D eigenvalue weighted by Crippen LogP contribution is -2.03. The standard InChI is InChI=1S/C13H17N3/c1-8-4-3-5-10(8)12-15-11-9(2)6-7-14-13(11)16-12/h6-8,10H,3-5H2,1-2H3,(H,14,15,16). The molecule has 3 heteroatoms. The van der Waals surface area contributed by atoms with Crippen LogP contribution in [-0.2, 0) is 0 Å². The largest absolute Gasteiger partial charge is 0.340 e. The van der Waals surface area contributed by atoms with Crippen LogP contribution >= 0.6 is 0 Å². The topological polar surface area (TPSA) is 41.6 Å². The number of aryl methyl sites for hydroxylation is 1. The fourth-order valence-electron chi connectivity index (χ4n) is 2.78. The number of nitrogens with zero attached hydrogens (tertiary/aromatic N) is 2. The highest BCUT2D eigenvalue weighted by Crippen LogP contribution is 2.38. The number of fused-ring (bicyclic) bond motifs is 1. The molecule has 0 aliphatic heterocycles. The molecule has 0 radical (unpaired) electrons. The maximum Gasteiger partial charge on any atom is 0.177 e. The Balaban J connectivity index is 2.08. The Hall–Kier alpha value is -1.38. The van der Waals surface area contributed by atoms with Crippen LogP contribution in [0.3, 0.4) is 0 Å². The van der Waals surface area contributed by atoms with Crippen molar-refractivity contribution in [2.45, 2.75) is 39.0 Å². The van der Waals surface area contributed by atoms with E-state index in [1.165, 1.54) is 24.8 Å². The number of hydrogen-bond donors (Lipinski definition) is 1. The third-order valence-electron chi connectivity index (χ3n) is 3.83. The minimum atomic E-state index is 0.605. The highest BCUT2D eigenvalue weighted by molar-refractivity contribution is 5.74. The van der Waals surface area contributed by atoms with Crippen LogP contribution in [0, 0.1) is 12.8 Å². The summed E-state index contributed by atoms with van der Waals surface area (Å²) in [5.41, 5.74) is 3.21. The van der Waals surface area contributed by atoms with Crippen molar-refractivity contribution in [1.82, 2.24) is 15.0 Å². The van der Waals surface area contributed by atoms with Crippen LogP contribution < -0.4 is 0 Å². The summed E-state index contributed by atoms with van der Waals surface area (Å²) in [5, 5.41) is 0. The van der Waals surface area contributed by atoms with Gasteiger partial charge in [0.15, 0.2) is 5.65 Å². The maximum absolute atomic E-state index is 4.64. The number of H-pyrrole nitrogens is 1. The lowest BCUT2D eigenvalue weighted by Gasteiger charge is -2.11. The van der Waals surface area contributed by atoms with Crippen LogP contribution in [-0.4, -0.2) is 15.0 Å². The molecule has 3 nitrogen and oxygen atoms in total. The second kappa shape index (κ2) is 3.58. The van der Waals surface area contributed by atoms with Crippen LogP contribution in [0.2, 0.25) is 0 Å². The van der Waals surface area contributed by atoms with Crippen molar-refractivity contribution in [1.29, 1.82) is 0 Å². The highest BCUT2D eigenvalue weighted by Gasteiger charge is 2.27. The van der Waals surface area contributed by atoms with Gasteiger partial charge in [0, 0.05) is 12.1 Å². The Labute approximate surface area is 95.3 Å². The second-order valence-corrected chi connectivity index (χ2v) is 4.96. The summed E-state index contributed by atoms with van der Waals surface area (Å²) in [6.07, 6.45) is 5.75. The third kappa shape index (κ3) is 1.42. The molecule has 2 heterocycles. The summed E-state index contributed by atoms with van der Waals surface area (Å²) in [6, 6.07) is 2.03. The van der Waals surface area contributed by atoms with Crippen LogP contribution in [0.5, 0.6) is 0 Å². The van der Waals surface area contributed by atoms with Crippen molar-refractivity contribution in [3.63, 3.8) is 0 Å². The summed E-state index contributed by atoms with van der Waals surface area (Å²) in [7, 11) is 0. The van der Waals surface area contributed by atoms with Crippen LogP contribution in [0.1, 0.15) is 43.5 Å². The van der Waals surface area contributed by atoms with Crippen molar-refractivity contribution in [2.24, 2.45) is 5.92 Å². The van der Waals surface area contributed by atoms with E-state index in [-0.39, 0.29) is 0 Å². The molecule has 1 aliphatic carbocycles. The first kappa shape index (κ1) is 9.82. The number of pyridine rings is 1. The molecular formula is C13H17N3. The van der Waals surface area contributed by atoms with Crippen molar-refractivity contribution < 1.29 is 0 Å². The Morgan fingerprint density at radius 3 is 2.94 bits per heavy atom. The van der Waals surface area contributed by atoms with Crippen molar-refractivity contribution >= 4 is 11.2 Å². The van der Waals surface area contributed by atoms with Gasteiger partial charge in [0.2, 0.25) is 0 Å². The molecule has 0 saturated heterocycles. The first-order chi connectivity index (χ1) is 7.75. The average Bonchev–Trinajstić information content (AvgIpc) is 2.84. The Bertz CT molecular complexity index is 515. The number of imidazole rings is 1. The Morgan fingerprint density at radius 1 is 1.38 bits per heavy atom. The van der Waals surface area contributed by atoms with Gasteiger partial charge in [-0.15, -0.1) is 0 Å². The van der Waals surface area contributed by atoms with Gasteiger partial charge in [0.1, 0.15) is 5.82 Å². The van der Waals surface area contributed by atoms with Gasteiger partial charge in [-0.2, -0.15) is 0 Å². The molecule has 16 heavy (non-hydrogen) atoms. The zero-order valence-electron chi connectivity index (χ0n) is 9.83. The monoisotopic (exact) mass is 215 g/mol. The number of nitrogens with one attached hydrogen (secondary N) is 1. The van der Waals surface area contributed by atoms with E-state index < -0.39 is 0 Å². The zero-order valence-corrected chi connectivity index (χ0v) is 9.83. The second-order valence-electron chi connectivity index (χ2n) is 4.96. The highest BCUT2D eigenvalue weighted by atomic mass is 15.0. The average molecular weight is 215 g/mol. The SMILES string of the molecule is Cc1ccnc2nc(C3CCCC3C)[nH]c12. The first-order valence-corrected chi connectivity index (χ1v) is 6.07. The lowest BCUT2D eigenvalue weighted by atomic mass is 9.98. The molecule has 0 aromatic carbocycles. The van der Waals surface area contributed by atoms with Gasteiger partial charge < -0.3 is 4.98 Å². The molecule has 1 saturated carbocycles. The molecule has 2 atom stereocenters. The van der Waals surface area contributed by atoms with Gasteiger partial charge in [-0.25, -0.2) is 9.97 Å². The van der Waals surface area contributed by atoms with Gasteiger partial charge in [0.25, 0.3) is 0 Å². The van der Waals surface area contributed by atoms with E-state index in [0.29, 0.717) is 5.92 Å². The molecule has 3 rings (SSSR count). The summed E-state index contributed by atoms with van der Waals surface area (Å²) in [5.74, 6) is 2.50. The molecule has 1 N–H and O–H groups in total. The minimum absolute atomic E-state index is 0.605. The van der Waals surface area contributed by atoms with E-state index in [2.05, 4.69) is 28.8 Å². The summed E-state index contributed by atoms with van der Waals surface area (Å²) >= 11 is 0. The predicted molar refractivity (Wildman–Crippen MR) is 64.4 cm³/mol. The van der Waals surface area contributed by atoms with E-state index in [4.69, 9.17) is 0 Å². The van der Waals surface area contributed by atoms with Crippen LogP contribution in [0.4, 0.5) is 0 Å². The molecule has 0 bridgehead atoms. The predicted octanol–water partition coefficient (Wildman–Crippen LogP) is 3.17. The first-order valence-electron chi connectivity index (χ1n) is 6.07. The van der Waals surface area contributed by atoms with Gasteiger partial charge in [-0.05, 0) is 37.3 Å². The van der Waals surface area contributed by atoms with Crippen LogP contribution in [0.15, 0.2) is 12.3 Å².